The van der Waals surface area contributed by atoms with Gasteiger partial charge in [0, 0.05) is 13.0 Å². The van der Waals surface area contributed by atoms with Crippen LogP contribution < -0.4 is 5.32 Å². The number of hydrogen-bond donors (Lipinski definition) is 1. The molecule has 110 valence electrons. The van der Waals surface area contributed by atoms with E-state index >= 15 is 0 Å². The Hall–Kier alpha value is -1.92. The van der Waals surface area contributed by atoms with Crippen molar-refractivity contribution in [2.24, 2.45) is 5.92 Å². The normalized spacial score (nSPS) is 23.3. The second-order valence-corrected chi connectivity index (χ2v) is 5.28. The largest absolute Gasteiger partial charge is 0.343 e. The smallest absolute Gasteiger partial charge is 0.246 e. The first-order chi connectivity index (χ1) is 9.54. The van der Waals surface area contributed by atoms with E-state index in [4.69, 9.17) is 0 Å². The summed E-state index contributed by atoms with van der Waals surface area (Å²) in [4.78, 5) is 30.2. The van der Waals surface area contributed by atoms with Crippen LogP contribution in [0.15, 0.2) is 10.9 Å². The fraction of sp³-hybridized carbons (Fsp3) is 0.692. The summed E-state index contributed by atoms with van der Waals surface area (Å²) in [6.45, 7) is 6.17. The average molecular weight is 280 g/mol. The third kappa shape index (κ3) is 2.81. The van der Waals surface area contributed by atoms with E-state index in [0.29, 0.717) is 25.2 Å². The quantitative estimate of drug-likeness (QED) is 0.842. The lowest BCUT2D eigenvalue weighted by atomic mass is 9.97. The fourth-order valence-electron chi connectivity index (χ4n) is 2.43. The predicted molar refractivity (Wildman–Crippen MR) is 70.6 cm³/mol. The van der Waals surface area contributed by atoms with Gasteiger partial charge in [-0.25, -0.2) is 0 Å². The van der Waals surface area contributed by atoms with Crippen LogP contribution in [0.4, 0.5) is 0 Å². The fourth-order valence-corrected chi connectivity index (χ4v) is 2.43. The molecule has 0 aromatic carbocycles. The molecule has 7 nitrogen and oxygen atoms in total. The lowest BCUT2D eigenvalue weighted by Gasteiger charge is -2.39. The van der Waals surface area contributed by atoms with Crippen LogP contribution in [0.5, 0.6) is 0 Å². The van der Waals surface area contributed by atoms with Crippen LogP contribution in [0, 0.1) is 5.92 Å². The van der Waals surface area contributed by atoms with Crippen LogP contribution in [-0.4, -0.2) is 45.5 Å². The van der Waals surface area contributed by atoms with E-state index in [-0.39, 0.29) is 17.7 Å². The van der Waals surface area contributed by atoms with E-state index in [2.05, 4.69) is 20.0 Å². The Bertz CT molecular complexity index is 472. The molecule has 1 saturated heterocycles. The molecule has 2 amide bonds. The minimum Gasteiger partial charge on any atom is -0.343 e. The number of aromatic nitrogens is 2. The summed E-state index contributed by atoms with van der Waals surface area (Å²) in [6.07, 6.45) is 2.33. The van der Waals surface area contributed by atoms with E-state index < -0.39 is 12.1 Å². The number of piperazine rings is 1. The molecule has 1 aromatic rings. The zero-order chi connectivity index (χ0) is 14.7. The highest BCUT2D eigenvalue weighted by atomic mass is 16.5. The summed E-state index contributed by atoms with van der Waals surface area (Å²) in [7, 11) is 0. The van der Waals surface area contributed by atoms with Crippen molar-refractivity contribution in [3.63, 3.8) is 0 Å². The van der Waals surface area contributed by atoms with Crippen molar-refractivity contribution < 1.29 is 14.1 Å². The Balaban J connectivity index is 2.11. The zero-order valence-corrected chi connectivity index (χ0v) is 12.0. The summed E-state index contributed by atoms with van der Waals surface area (Å²) < 4.78 is 4.67. The van der Waals surface area contributed by atoms with Crippen LogP contribution in [0.2, 0.25) is 0 Å². The number of nitrogens with zero attached hydrogens (tertiary/aromatic N) is 3. The molecule has 0 bridgehead atoms. The van der Waals surface area contributed by atoms with E-state index in [1.807, 2.05) is 20.8 Å². The second kappa shape index (κ2) is 6.02. The molecule has 1 aliphatic heterocycles. The monoisotopic (exact) mass is 280 g/mol. The van der Waals surface area contributed by atoms with Gasteiger partial charge in [-0.05, 0) is 12.3 Å². The highest BCUT2D eigenvalue weighted by molar-refractivity contribution is 5.97. The molecule has 2 atom stereocenters. The SMILES string of the molecule is CCC1C(=O)NC(C(C)C)C(=O)N1CCc1ncon1. The van der Waals surface area contributed by atoms with Gasteiger partial charge in [0.1, 0.15) is 12.1 Å². The summed E-state index contributed by atoms with van der Waals surface area (Å²) >= 11 is 0. The molecule has 1 aromatic heterocycles. The second-order valence-electron chi connectivity index (χ2n) is 5.28. The lowest BCUT2D eigenvalue weighted by molar-refractivity contribution is -0.150. The number of carbonyl (C=O) groups is 2. The van der Waals surface area contributed by atoms with Gasteiger partial charge in [0.15, 0.2) is 5.82 Å². The number of carbonyl (C=O) groups excluding carboxylic acids is 2. The minimum atomic E-state index is -0.449. The molecular formula is C13H20N4O3. The standard InChI is InChI=1S/C13H20N4O3/c1-4-9-12(18)15-11(8(2)3)13(19)17(9)6-5-10-14-7-20-16-10/h7-9,11H,4-6H2,1-3H3,(H,15,18). The van der Waals surface area contributed by atoms with Gasteiger partial charge >= 0.3 is 0 Å². The molecule has 1 N–H and O–H groups in total. The molecule has 1 fully saturated rings. The van der Waals surface area contributed by atoms with Gasteiger partial charge in [-0.3, -0.25) is 9.59 Å². The Morgan fingerprint density at radius 1 is 1.45 bits per heavy atom. The van der Waals surface area contributed by atoms with Gasteiger partial charge in [0.05, 0.1) is 0 Å². The van der Waals surface area contributed by atoms with Crippen LogP contribution in [-0.2, 0) is 16.0 Å². The molecule has 1 aliphatic rings. The van der Waals surface area contributed by atoms with Crippen molar-refractivity contribution in [2.45, 2.75) is 45.7 Å². The number of hydrogen-bond acceptors (Lipinski definition) is 5. The van der Waals surface area contributed by atoms with E-state index in [1.165, 1.54) is 6.39 Å². The zero-order valence-electron chi connectivity index (χ0n) is 12.0. The summed E-state index contributed by atoms with van der Waals surface area (Å²) in [5, 5.41) is 6.53. The maximum Gasteiger partial charge on any atom is 0.246 e. The molecular weight excluding hydrogens is 260 g/mol. The van der Waals surface area contributed by atoms with Gasteiger partial charge in [0.25, 0.3) is 0 Å². The Morgan fingerprint density at radius 2 is 2.20 bits per heavy atom. The first-order valence-corrected chi connectivity index (χ1v) is 6.90. The molecule has 7 heteroatoms. The van der Waals surface area contributed by atoms with Crippen molar-refractivity contribution >= 4 is 11.8 Å². The Morgan fingerprint density at radius 3 is 2.75 bits per heavy atom. The minimum absolute atomic E-state index is 0.0325. The molecule has 2 heterocycles. The number of amides is 2. The Labute approximate surface area is 117 Å². The Kier molecular flexibility index (Phi) is 4.36. The summed E-state index contributed by atoms with van der Waals surface area (Å²) in [5.41, 5.74) is 0. The van der Waals surface area contributed by atoms with Crippen molar-refractivity contribution in [1.29, 1.82) is 0 Å². The number of nitrogens with one attached hydrogen (secondary N) is 1. The van der Waals surface area contributed by atoms with Gasteiger partial charge < -0.3 is 14.7 Å². The van der Waals surface area contributed by atoms with Crippen LogP contribution in [0.1, 0.15) is 33.0 Å². The maximum absolute atomic E-state index is 12.5. The van der Waals surface area contributed by atoms with E-state index in [9.17, 15) is 9.59 Å². The first kappa shape index (κ1) is 14.5. The highest BCUT2D eigenvalue weighted by Crippen LogP contribution is 2.17. The van der Waals surface area contributed by atoms with Gasteiger partial charge in [-0.2, -0.15) is 4.98 Å². The first-order valence-electron chi connectivity index (χ1n) is 6.90. The van der Waals surface area contributed by atoms with E-state index in [0.717, 1.165) is 0 Å². The van der Waals surface area contributed by atoms with Gasteiger partial charge in [-0.15, -0.1) is 0 Å². The van der Waals surface area contributed by atoms with Crippen molar-refractivity contribution in [1.82, 2.24) is 20.4 Å². The molecule has 2 rings (SSSR count). The average Bonchev–Trinajstić information content (AvgIpc) is 2.91. The van der Waals surface area contributed by atoms with E-state index in [1.54, 1.807) is 4.90 Å². The molecule has 0 saturated carbocycles. The van der Waals surface area contributed by atoms with Gasteiger partial charge in [0.2, 0.25) is 18.2 Å². The maximum atomic E-state index is 12.5. The van der Waals surface area contributed by atoms with Crippen LogP contribution in [0.25, 0.3) is 0 Å². The third-order valence-corrected chi connectivity index (χ3v) is 3.56. The third-order valence-electron chi connectivity index (χ3n) is 3.56. The summed E-state index contributed by atoms with van der Waals surface area (Å²) in [5.74, 6) is 0.491. The highest BCUT2D eigenvalue weighted by Gasteiger charge is 2.40. The molecule has 20 heavy (non-hydrogen) atoms. The number of rotatable bonds is 5. The van der Waals surface area contributed by atoms with Crippen LogP contribution in [0.3, 0.4) is 0 Å². The van der Waals surface area contributed by atoms with Crippen molar-refractivity contribution in [3.05, 3.63) is 12.2 Å². The molecule has 0 spiro atoms. The van der Waals surface area contributed by atoms with Crippen LogP contribution >= 0.6 is 0 Å². The predicted octanol–water partition coefficient (Wildman–Crippen LogP) is 0.374. The molecule has 2 unspecified atom stereocenters. The lowest BCUT2D eigenvalue weighted by Crippen LogP contribution is -2.64. The van der Waals surface area contributed by atoms with Gasteiger partial charge in [-0.1, -0.05) is 25.9 Å². The molecule has 0 radical (unpaired) electrons. The molecule has 0 aliphatic carbocycles. The summed E-state index contributed by atoms with van der Waals surface area (Å²) in [6, 6.07) is -0.861. The van der Waals surface area contributed by atoms with Crippen molar-refractivity contribution in [2.75, 3.05) is 6.54 Å². The van der Waals surface area contributed by atoms with Crippen molar-refractivity contribution in [3.8, 4) is 0 Å². The topological polar surface area (TPSA) is 88.3 Å².